The van der Waals surface area contributed by atoms with Crippen LogP contribution in [-0.2, 0) is 0 Å². The molecule has 0 aliphatic rings. The molecule has 0 unspecified atom stereocenters. The molecule has 0 spiro atoms. The van der Waals surface area contributed by atoms with Gasteiger partial charge in [-0.1, -0.05) is 11.8 Å². The van der Waals surface area contributed by atoms with E-state index in [1.807, 2.05) is 0 Å². The molecule has 0 radical (unpaired) electrons. The number of carbonyl (C=O) groups is 1. The van der Waals surface area contributed by atoms with Gasteiger partial charge in [0.05, 0.1) is 17.0 Å². The highest BCUT2D eigenvalue weighted by Gasteiger charge is 2.16. The molecule has 3 N–H and O–H groups in total. The highest BCUT2D eigenvalue weighted by Crippen LogP contribution is 2.22. The van der Waals surface area contributed by atoms with Crippen molar-refractivity contribution in [3.05, 3.63) is 51.5 Å². The van der Waals surface area contributed by atoms with Crippen molar-refractivity contribution < 1.29 is 18.0 Å². The Morgan fingerprint density at radius 3 is 2.52 bits per heavy atom. The van der Waals surface area contributed by atoms with Crippen LogP contribution in [-0.4, -0.2) is 12.5 Å². The van der Waals surface area contributed by atoms with Crippen LogP contribution >= 0.6 is 11.3 Å². The van der Waals surface area contributed by atoms with Crippen molar-refractivity contribution in [3.8, 4) is 11.8 Å². The van der Waals surface area contributed by atoms with Gasteiger partial charge in [0, 0.05) is 17.5 Å². The van der Waals surface area contributed by atoms with E-state index < -0.39 is 29.0 Å². The molecule has 7 heteroatoms. The summed E-state index contributed by atoms with van der Waals surface area (Å²) in [6, 6.07) is 2.46. The fourth-order valence-corrected chi connectivity index (χ4v) is 2.26. The summed E-state index contributed by atoms with van der Waals surface area (Å²) in [6.45, 7) is 0.186. The van der Waals surface area contributed by atoms with E-state index in [1.54, 1.807) is 0 Å². The van der Waals surface area contributed by atoms with E-state index in [9.17, 15) is 18.0 Å². The van der Waals surface area contributed by atoms with Crippen LogP contribution in [0.2, 0.25) is 0 Å². The Labute approximate surface area is 122 Å². The van der Waals surface area contributed by atoms with E-state index in [-0.39, 0.29) is 12.1 Å². The summed E-state index contributed by atoms with van der Waals surface area (Å²) >= 11 is 1.20. The number of nitrogens with two attached hydrogens (primary N) is 1. The standard InChI is InChI=1S/C14H9F3N2OS/c15-9-5-11(16)13(12(17)6-9)19-14(20)8-4-10(21-7-8)2-1-3-18/h4-7H,3,18H2,(H,19,20). The number of carbonyl (C=O) groups excluding carboxylic acids is 1. The molecule has 1 aromatic heterocycles. The van der Waals surface area contributed by atoms with Gasteiger partial charge in [-0.15, -0.1) is 11.3 Å². The molecule has 1 heterocycles. The highest BCUT2D eigenvalue weighted by molar-refractivity contribution is 7.10. The molecule has 1 amide bonds. The number of hydrogen-bond donors (Lipinski definition) is 2. The van der Waals surface area contributed by atoms with Crippen LogP contribution in [0, 0.1) is 29.3 Å². The average Bonchev–Trinajstić information content (AvgIpc) is 2.89. The summed E-state index contributed by atoms with van der Waals surface area (Å²) in [4.78, 5) is 12.5. The highest BCUT2D eigenvalue weighted by atomic mass is 32.1. The minimum atomic E-state index is -1.18. The van der Waals surface area contributed by atoms with Gasteiger partial charge in [0.15, 0.2) is 11.6 Å². The number of amides is 1. The molecule has 3 nitrogen and oxygen atoms in total. The van der Waals surface area contributed by atoms with Crippen LogP contribution in [0.5, 0.6) is 0 Å². The third-order valence-electron chi connectivity index (χ3n) is 2.42. The summed E-state index contributed by atoms with van der Waals surface area (Å²) in [6.07, 6.45) is 0. The summed E-state index contributed by atoms with van der Waals surface area (Å²) in [5.74, 6) is 1.23. The van der Waals surface area contributed by atoms with Crippen molar-refractivity contribution >= 4 is 22.9 Å². The third-order valence-corrected chi connectivity index (χ3v) is 3.27. The Morgan fingerprint density at radius 1 is 1.24 bits per heavy atom. The van der Waals surface area contributed by atoms with Crippen LogP contribution < -0.4 is 11.1 Å². The van der Waals surface area contributed by atoms with E-state index >= 15 is 0 Å². The largest absolute Gasteiger partial charge is 0.320 e. The maximum absolute atomic E-state index is 13.4. The fourth-order valence-electron chi connectivity index (χ4n) is 1.51. The van der Waals surface area contributed by atoms with Gasteiger partial charge < -0.3 is 11.1 Å². The summed E-state index contributed by atoms with van der Waals surface area (Å²) in [7, 11) is 0. The second-order valence-electron chi connectivity index (χ2n) is 3.90. The van der Waals surface area contributed by atoms with Gasteiger partial charge in [-0.3, -0.25) is 4.79 Å². The first-order valence-electron chi connectivity index (χ1n) is 5.74. The number of rotatable bonds is 2. The van der Waals surface area contributed by atoms with Crippen molar-refractivity contribution in [2.75, 3.05) is 11.9 Å². The monoisotopic (exact) mass is 310 g/mol. The molecule has 21 heavy (non-hydrogen) atoms. The van der Waals surface area contributed by atoms with Gasteiger partial charge in [0.2, 0.25) is 0 Å². The SMILES string of the molecule is NCC#Cc1cc(C(=O)Nc2c(F)cc(F)cc2F)cs1. The zero-order chi connectivity index (χ0) is 15.4. The van der Waals surface area contributed by atoms with Gasteiger partial charge in [-0.2, -0.15) is 0 Å². The predicted molar refractivity (Wildman–Crippen MR) is 74.5 cm³/mol. The second kappa shape index (κ2) is 6.43. The molecular formula is C14H9F3N2OS. The van der Waals surface area contributed by atoms with E-state index in [0.717, 1.165) is 0 Å². The number of thiophene rings is 1. The van der Waals surface area contributed by atoms with Gasteiger partial charge >= 0.3 is 0 Å². The number of halogens is 3. The fraction of sp³-hybridized carbons (Fsp3) is 0.0714. The second-order valence-corrected chi connectivity index (χ2v) is 4.82. The lowest BCUT2D eigenvalue weighted by atomic mass is 10.2. The lowest BCUT2D eigenvalue weighted by Crippen LogP contribution is -2.13. The summed E-state index contributed by atoms with van der Waals surface area (Å²) < 4.78 is 39.6. The molecular weight excluding hydrogens is 301 g/mol. The molecule has 2 rings (SSSR count). The quantitative estimate of drug-likeness (QED) is 0.838. The smallest absolute Gasteiger partial charge is 0.256 e. The third kappa shape index (κ3) is 3.62. The first-order valence-corrected chi connectivity index (χ1v) is 6.62. The summed E-state index contributed by atoms with van der Waals surface area (Å²) in [5, 5.41) is 3.56. The topological polar surface area (TPSA) is 55.1 Å². The van der Waals surface area contributed by atoms with Crippen LogP contribution in [0.15, 0.2) is 23.6 Å². The molecule has 108 valence electrons. The van der Waals surface area contributed by atoms with E-state index in [4.69, 9.17) is 5.73 Å². The maximum atomic E-state index is 13.4. The molecule has 0 bridgehead atoms. The van der Waals surface area contributed by atoms with Crippen molar-refractivity contribution in [1.82, 2.24) is 0 Å². The molecule has 2 aromatic rings. The Morgan fingerprint density at radius 2 is 1.90 bits per heavy atom. The van der Waals surface area contributed by atoms with Gasteiger partial charge in [-0.25, -0.2) is 13.2 Å². The van der Waals surface area contributed by atoms with Crippen LogP contribution in [0.1, 0.15) is 15.2 Å². The zero-order valence-corrected chi connectivity index (χ0v) is 11.4. The van der Waals surface area contributed by atoms with Gasteiger partial charge in [0.1, 0.15) is 11.5 Å². The Balaban J connectivity index is 2.20. The minimum absolute atomic E-state index is 0.186. The van der Waals surface area contributed by atoms with Crippen molar-refractivity contribution in [2.45, 2.75) is 0 Å². The molecule has 0 aliphatic heterocycles. The van der Waals surface area contributed by atoms with Crippen LogP contribution in [0.3, 0.4) is 0 Å². The number of benzene rings is 1. The zero-order valence-electron chi connectivity index (χ0n) is 10.5. The lowest BCUT2D eigenvalue weighted by molar-refractivity contribution is 0.102. The number of nitrogens with one attached hydrogen (secondary N) is 1. The lowest BCUT2D eigenvalue weighted by Gasteiger charge is -2.06. The van der Waals surface area contributed by atoms with Crippen LogP contribution in [0.4, 0.5) is 18.9 Å². The van der Waals surface area contributed by atoms with Gasteiger partial charge in [-0.05, 0) is 6.07 Å². The normalized spacial score (nSPS) is 9.90. The molecule has 0 saturated heterocycles. The molecule has 1 aromatic carbocycles. The summed E-state index contributed by atoms with van der Waals surface area (Å²) in [5.41, 5.74) is 4.73. The minimum Gasteiger partial charge on any atom is -0.320 e. The van der Waals surface area contributed by atoms with E-state index in [0.29, 0.717) is 17.0 Å². The average molecular weight is 310 g/mol. The Kier molecular flexibility index (Phi) is 4.62. The molecule has 0 saturated carbocycles. The number of anilines is 1. The Hall–Kier alpha value is -2.30. The Bertz CT molecular complexity index is 723. The molecule has 0 atom stereocenters. The molecule has 0 fully saturated rings. The van der Waals surface area contributed by atoms with Gasteiger partial charge in [0.25, 0.3) is 5.91 Å². The molecule has 0 aliphatic carbocycles. The van der Waals surface area contributed by atoms with Crippen LogP contribution in [0.25, 0.3) is 0 Å². The first kappa shape index (κ1) is 15.1. The van der Waals surface area contributed by atoms with Crippen molar-refractivity contribution in [1.29, 1.82) is 0 Å². The maximum Gasteiger partial charge on any atom is 0.256 e. The van der Waals surface area contributed by atoms with Crippen molar-refractivity contribution in [2.24, 2.45) is 5.73 Å². The van der Waals surface area contributed by atoms with E-state index in [1.165, 1.54) is 22.8 Å². The number of hydrogen-bond acceptors (Lipinski definition) is 3. The predicted octanol–water partition coefficient (Wildman–Crippen LogP) is 2.73. The first-order chi connectivity index (χ1) is 10.0. The van der Waals surface area contributed by atoms with E-state index in [2.05, 4.69) is 17.2 Å². The van der Waals surface area contributed by atoms with Crippen molar-refractivity contribution in [3.63, 3.8) is 0 Å².